The summed E-state index contributed by atoms with van der Waals surface area (Å²) in [5.74, 6) is 0. The minimum Gasteiger partial charge on any atom is -0.276 e. The molecule has 0 fully saturated rings. The molecule has 16 heavy (non-hydrogen) atoms. The molecule has 1 amide bonds. The Morgan fingerprint density at radius 3 is 1.62 bits per heavy atom. The van der Waals surface area contributed by atoms with Crippen LogP contribution in [0.15, 0.2) is 65.7 Å². The van der Waals surface area contributed by atoms with Crippen molar-refractivity contribution < 1.29 is 4.79 Å². The van der Waals surface area contributed by atoms with Gasteiger partial charge in [-0.2, -0.15) is 0 Å². The van der Waals surface area contributed by atoms with Crippen molar-refractivity contribution in [1.29, 1.82) is 0 Å². The van der Waals surface area contributed by atoms with E-state index in [0.717, 1.165) is 11.1 Å². The van der Waals surface area contributed by atoms with Crippen LogP contribution in [0.1, 0.15) is 11.1 Å². The summed E-state index contributed by atoms with van der Waals surface area (Å²) < 4.78 is 0. The number of aliphatic imine (C=N–C) groups is 1. The van der Waals surface area contributed by atoms with Crippen LogP contribution in [0.25, 0.3) is 0 Å². The summed E-state index contributed by atoms with van der Waals surface area (Å²) in [7, 11) is 0. The van der Waals surface area contributed by atoms with Gasteiger partial charge in [-0.25, -0.2) is 4.99 Å². The van der Waals surface area contributed by atoms with Gasteiger partial charge < -0.3 is 0 Å². The number of carbonyl (C=O) groups excluding carboxylic acids is 1. The van der Waals surface area contributed by atoms with Crippen molar-refractivity contribution in [3.8, 4) is 0 Å². The summed E-state index contributed by atoms with van der Waals surface area (Å²) in [5, 5.41) is 0. The summed E-state index contributed by atoms with van der Waals surface area (Å²) in [4.78, 5) is 14.5. The third-order valence-corrected chi connectivity index (χ3v) is 2.28. The van der Waals surface area contributed by atoms with Crippen LogP contribution in [-0.2, 0) is 4.79 Å². The molecule has 0 aliphatic carbocycles. The van der Waals surface area contributed by atoms with Gasteiger partial charge in [-0.15, -0.1) is 0 Å². The molecule has 78 valence electrons. The van der Waals surface area contributed by atoms with E-state index in [2.05, 4.69) is 4.99 Å². The quantitative estimate of drug-likeness (QED) is 0.564. The van der Waals surface area contributed by atoms with Crippen molar-refractivity contribution in [2.75, 3.05) is 0 Å². The van der Waals surface area contributed by atoms with Gasteiger partial charge >= 0.3 is 0 Å². The summed E-state index contributed by atoms with van der Waals surface area (Å²) in [6, 6.07) is 19.4. The van der Waals surface area contributed by atoms with Crippen LogP contribution >= 0.6 is 0 Å². The lowest BCUT2D eigenvalue weighted by molar-refractivity contribution is -0.106. The Kier molecular flexibility index (Phi) is 3.24. The zero-order chi connectivity index (χ0) is 11.2. The van der Waals surface area contributed by atoms with Crippen molar-refractivity contribution in [3.63, 3.8) is 0 Å². The second-order valence-electron chi connectivity index (χ2n) is 3.32. The highest BCUT2D eigenvalue weighted by molar-refractivity contribution is 6.14. The molecule has 2 aromatic carbocycles. The van der Waals surface area contributed by atoms with E-state index in [1.807, 2.05) is 60.7 Å². The predicted octanol–water partition coefficient (Wildman–Crippen LogP) is 2.68. The molecule has 0 aliphatic heterocycles. The molecule has 0 bridgehead atoms. The fraction of sp³-hybridized carbons (Fsp3) is 0. The Morgan fingerprint density at radius 1 is 0.812 bits per heavy atom. The van der Waals surface area contributed by atoms with E-state index in [1.165, 1.54) is 0 Å². The molecule has 0 aromatic heterocycles. The first kappa shape index (κ1) is 10.3. The molecule has 0 heterocycles. The molecule has 2 rings (SSSR count). The van der Waals surface area contributed by atoms with Crippen molar-refractivity contribution in [3.05, 3.63) is 71.8 Å². The summed E-state index contributed by atoms with van der Waals surface area (Å²) in [6.07, 6.45) is 0.579. The molecule has 0 saturated carbocycles. The van der Waals surface area contributed by atoms with E-state index >= 15 is 0 Å². The Labute approximate surface area is 94.3 Å². The number of benzene rings is 2. The third kappa shape index (κ3) is 2.23. The molecule has 2 heteroatoms. The fourth-order valence-corrected chi connectivity index (χ4v) is 1.56. The van der Waals surface area contributed by atoms with Crippen molar-refractivity contribution in [2.24, 2.45) is 4.99 Å². The molecule has 0 unspecified atom stereocenters. The molecule has 2 aromatic rings. The van der Waals surface area contributed by atoms with Crippen molar-refractivity contribution >= 4 is 12.1 Å². The molecular formula is C14H11NO. The zero-order valence-electron chi connectivity index (χ0n) is 8.71. The minimum absolute atomic E-state index is 0.579. The van der Waals surface area contributed by atoms with Gasteiger partial charge in [-0.05, 0) is 0 Å². The van der Waals surface area contributed by atoms with Gasteiger partial charge in [-0.3, -0.25) is 4.79 Å². The van der Waals surface area contributed by atoms with Gasteiger partial charge in [0.15, 0.2) is 0 Å². The van der Waals surface area contributed by atoms with Crippen LogP contribution in [-0.4, -0.2) is 12.1 Å². The van der Waals surface area contributed by atoms with E-state index in [-0.39, 0.29) is 0 Å². The number of hydrogen-bond donors (Lipinski definition) is 0. The van der Waals surface area contributed by atoms with Gasteiger partial charge in [0.2, 0.25) is 6.41 Å². The number of carbonyl (C=O) groups is 1. The lowest BCUT2D eigenvalue weighted by Gasteiger charge is -2.04. The Bertz CT molecular complexity index is 447. The van der Waals surface area contributed by atoms with Crippen LogP contribution in [0, 0.1) is 0 Å². The Balaban J connectivity index is 2.48. The molecule has 0 aliphatic rings. The van der Waals surface area contributed by atoms with Gasteiger partial charge in [0.05, 0.1) is 5.71 Å². The predicted molar refractivity (Wildman–Crippen MR) is 64.6 cm³/mol. The lowest BCUT2D eigenvalue weighted by atomic mass is 10.0. The van der Waals surface area contributed by atoms with Crippen LogP contribution in [0.5, 0.6) is 0 Å². The molecule has 0 N–H and O–H groups in total. The Hall–Kier alpha value is -2.22. The zero-order valence-corrected chi connectivity index (χ0v) is 8.71. The summed E-state index contributed by atoms with van der Waals surface area (Å²) in [6.45, 7) is 0. The van der Waals surface area contributed by atoms with Gasteiger partial charge in [-0.1, -0.05) is 60.7 Å². The average Bonchev–Trinajstić information content (AvgIpc) is 2.38. The number of hydrogen-bond acceptors (Lipinski definition) is 1. The standard InChI is InChI=1S/C14H11NO/c16-11-15-14(12-7-3-1-4-8-12)13-9-5-2-6-10-13/h1-11H. The van der Waals surface area contributed by atoms with E-state index in [9.17, 15) is 4.79 Å². The SMILES string of the molecule is O=CN=C(c1ccccc1)c1ccccc1. The minimum atomic E-state index is 0.579. The average molecular weight is 209 g/mol. The smallest absolute Gasteiger partial charge is 0.233 e. The number of amides is 1. The summed E-state index contributed by atoms with van der Waals surface area (Å²) >= 11 is 0. The van der Waals surface area contributed by atoms with Crippen LogP contribution in [0.2, 0.25) is 0 Å². The van der Waals surface area contributed by atoms with E-state index in [4.69, 9.17) is 0 Å². The van der Waals surface area contributed by atoms with Gasteiger partial charge in [0.25, 0.3) is 0 Å². The van der Waals surface area contributed by atoms with E-state index in [0.29, 0.717) is 12.1 Å². The number of nitrogens with zero attached hydrogens (tertiary/aromatic N) is 1. The largest absolute Gasteiger partial charge is 0.276 e. The van der Waals surface area contributed by atoms with Crippen LogP contribution in [0.4, 0.5) is 0 Å². The molecule has 0 spiro atoms. The molecule has 0 atom stereocenters. The highest BCUT2D eigenvalue weighted by Crippen LogP contribution is 2.10. The van der Waals surface area contributed by atoms with E-state index in [1.54, 1.807) is 0 Å². The topological polar surface area (TPSA) is 29.4 Å². The first-order chi connectivity index (χ1) is 7.92. The lowest BCUT2D eigenvalue weighted by Crippen LogP contribution is -2.03. The Morgan fingerprint density at radius 2 is 1.25 bits per heavy atom. The maximum atomic E-state index is 10.6. The van der Waals surface area contributed by atoms with Crippen molar-refractivity contribution in [2.45, 2.75) is 0 Å². The number of rotatable bonds is 3. The van der Waals surface area contributed by atoms with E-state index < -0.39 is 0 Å². The normalized spacial score (nSPS) is 9.50. The van der Waals surface area contributed by atoms with Gasteiger partial charge in [0.1, 0.15) is 0 Å². The van der Waals surface area contributed by atoms with Crippen molar-refractivity contribution in [1.82, 2.24) is 0 Å². The first-order valence-electron chi connectivity index (χ1n) is 5.04. The summed E-state index contributed by atoms with van der Waals surface area (Å²) in [5.41, 5.74) is 2.60. The monoisotopic (exact) mass is 209 g/mol. The maximum absolute atomic E-state index is 10.6. The van der Waals surface area contributed by atoms with Gasteiger partial charge in [0, 0.05) is 11.1 Å². The highest BCUT2D eigenvalue weighted by Gasteiger charge is 2.04. The third-order valence-electron chi connectivity index (χ3n) is 2.28. The van der Waals surface area contributed by atoms with Crippen LogP contribution in [0.3, 0.4) is 0 Å². The highest BCUT2D eigenvalue weighted by atomic mass is 16.1. The second kappa shape index (κ2) is 5.03. The molecular weight excluding hydrogens is 198 g/mol. The molecule has 0 saturated heterocycles. The first-order valence-corrected chi connectivity index (χ1v) is 5.04. The molecule has 0 radical (unpaired) electrons. The fourth-order valence-electron chi connectivity index (χ4n) is 1.56. The van der Waals surface area contributed by atoms with Crippen LogP contribution < -0.4 is 0 Å². The maximum Gasteiger partial charge on any atom is 0.233 e. The molecule has 2 nitrogen and oxygen atoms in total. The second-order valence-corrected chi connectivity index (χ2v) is 3.32.